The third-order valence-corrected chi connectivity index (χ3v) is 6.66. The van der Waals surface area contributed by atoms with Crippen LogP contribution in [0, 0.1) is 0 Å². The number of pyridine rings is 1. The minimum absolute atomic E-state index is 0.0479. The Hall–Kier alpha value is -4.58. The second kappa shape index (κ2) is 9.71. The van der Waals surface area contributed by atoms with Crippen LogP contribution in [0.2, 0.25) is 0 Å². The van der Waals surface area contributed by atoms with Gasteiger partial charge in [0.05, 0.1) is 11.1 Å². The van der Waals surface area contributed by atoms with E-state index in [1.807, 2.05) is 85.1 Å². The maximum absolute atomic E-state index is 13.8. The van der Waals surface area contributed by atoms with Crippen LogP contribution in [0.1, 0.15) is 22.3 Å². The van der Waals surface area contributed by atoms with Crippen molar-refractivity contribution in [2.45, 2.75) is 19.2 Å². The number of aromatic amines is 1. The molecule has 2 aromatic heterocycles. The molecule has 0 saturated carbocycles. The van der Waals surface area contributed by atoms with Crippen LogP contribution >= 0.6 is 0 Å². The molecule has 2 heterocycles. The van der Waals surface area contributed by atoms with Crippen LogP contribution in [0.15, 0.2) is 109 Å². The predicted octanol–water partition coefficient (Wildman–Crippen LogP) is 8.57. The highest BCUT2D eigenvalue weighted by molar-refractivity contribution is 5.98. The number of para-hydroxylation sites is 1. The fourth-order valence-electron chi connectivity index (χ4n) is 4.89. The molecule has 1 N–H and O–H groups in total. The van der Waals surface area contributed by atoms with Gasteiger partial charge < -0.3 is 9.72 Å². The van der Waals surface area contributed by atoms with Crippen molar-refractivity contribution >= 4 is 21.8 Å². The molecule has 0 unspecified atom stereocenters. The maximum Gasteiger partial charge on any atom is 0.418 e. The van der Waals surface area contributed by atoms with E-state index in [1.54, 1.807) is 12.3 Å². The lowest BCUT2D eigenvalue weighted by Crippen LogP contribution is -2.07. The fourth-order valence-corrected chi connectivity index (χ4v) is 4.89. The SMILES string of the molecule is FC(F)(F)c1cccc2c(-c3cccc(COc4ccc5[nH]ccc5c4)c3)c(Cc3ccccc3)cnc12. The molecule has 3 nitrogen and oxygen atoms in total. The lowest BCUT2D eigenvalue weighted by atomic mass is 9.91. The Morgan fingerprint density at radius 2 is 1.61 bits per heavy atom. The van der Waals surface area contributed by atoms with Crippen molar-refractivity contribution in [3.8, 4) is 16.9 Å². The minimum Gasteiger partial charge on any atom is -0.489 e. The first-order valence-electron chi connectivity index (χ1n) is 12.3. The molecule has 0 fully saturated rings. The van der Waals surface area contributed by atoms with Gasteiger partial charge in [-0.1, -0.05) is 60.7 Å². The lowest BCUT2D eigenvalue weighted by molar-refractivity contribution is -0.136. The van der Waals surface area contributed by atoms with Gasteiger partial charge in [-0.25, -0.2) is 0 Å². The first-order valence-corrected chi connectivity index (χ1v) is 12.3. The van der Waals surface area contributed by atoms with Gasteiger partial charge in [0.15, 0.2) is 0 Å². The molecule has 6 heteroatoms. The van der Waals surface area contributed by atoms with E-state index in [4.69, 9.17) is 4.74 Å². The maximum atomic E-state index is 13.8. The summed E-state index contributed by atoms with van der Waals surface area (Å²) in [7, 11) is 0. The number of ether oxygens (including phenoxy) is 1. The van der Waals surface area contributed by atoms with Crippen LogP contribution in [0.3, 0.4) is 0 Å². The van der Waals surface area contributed by atoms with Crippen molar-refractivity contribution < 1.29 is 17.9 Å². The number of hydrogen-bond donors (Lipinski definition) is 1. The zero-order chi connectivity index (χ0) is 26.1. The molecule has 38 heavy (non-hydrogen) atoms. The quantitative estimate of drug-likeness (QED) is 0.245. The van der Waals surface area contributed by atoms with Crippen molar-refractivity contribution in [3.63, 3.8) is 0 Å². The average molecular weight is 509 g/mol. The van der Waals surface area contributed by atoms with Gasteiger partial charge in [-0.05, 0) is 70.6 Å². The van der Waals surface area contributed by atoms with Crippen LogP contribution in [0.25, 0.3) is 32.9 Å². The van der Waals surface area contributed by atoms with Crippen LogP contribution in [0.5, 0.6) is 5.75 Å². The molecule has 0 bridgehead atoms. The summed E-state index contributed by atoms with van der Waals surface area (Å²) in [4.78, 5) is 7.47. The number of nitrogens with one attached hydrogen (secondary N) is 1. The highest BCUT2D eigenvalue weighted by Crippen LogP contribution is 2.39. The van der Waals surface area contributed by atoms with Gasteiger partial charge in [0.25, 0.3) is 0 Å². The Balaban J connectivity index is 1.42. The second-order valence-electron chi connectivity index (χ2n) is 9.24. The smallest absolute Gasteiger partial charge is 0.418 e. The molecule has 6 rings (SSSR count). The van der Waals surface area contributed by atoms with E-state index in [2.05, 4.69) is 9.97 Å². The van der Waals surface area contributed by atoms with Gasteiger partial charge in [-0.2, -0.15) is 13.2 Å². The number of benzene rings is 4. The number of nitrogens with zero attached hydrogens (tertiary/aromatic N) is 1. The summed E-state index contributed by atoms with van der Waals surface area (Å²) in [6, 6.07) is 29.7. The van der Waals surface area contributed by atoms with Crippen molar-refractivity contribution in [2.24, 2.45) is 0 Å². The number of alkyl halides is 3. The van der Waals surface area contributed by atoms with E-state index in [9.17, 15) is 13.2 Å². The Morgan fingerprint density at radius 3 is 2.45 bits per heavy atom. The van der Waals surface area contributed by atoms with Gasteiger partial charge in [-0.15, -0.1) is 0 Å². The molecule has 0 atom stereocenters. The predicted molar refractivity (Wildman–Crippen MR) is 144 cm³/mol. The minimum atomic E-state index is -4.50. The van der Waals surface area contributed by atoms with Gasteiger partial charge in [-0.3, -0.25) is 4.98 Å². The molecule has 0 radical (unpaired) electrons. The number of aromatic nitrogens is 2. The van der Waals surface area contributed by atoms with Crippen molar-refractivity contribution in [1.82, 2.24) is 9.97 Å². The molecule has 0 amide bonds. The molecule has 0 spiro atoms. The van der Waals surface area contributed by atoms with E-state index in [0.29, 0.717) is 18.4 Å². The first kappa shape index (κ1) is 23.8. The van der Waals surface area contributed by atoms with E-state index in [-0.39, 0.29) is 5.52 Å². The topological polar surface area (TPSA) is 37.9 Å². The Kier molecular flexibility index (Phi) is 6.08. The third-order valence-electron chi connectivity index (χ3n) is 6.66. The Labute approximate surface area is 217 Å². The van der Waals surface area contributed by atoms with Crippen LogP contribution in [0.4, 0.5) is 13.2 Å². The standard InChI is InChI=1S/C32H23F3N2O/c33-32(34,35)28-11-5-10-27-30(25(19-37-31(27)28)16-21-6-2-1-3-7-21)24-9-4-8-22(17-24)20-38-26-12-13-29-23(18-26)14-15-36-29/h1-15,17-19,36H,16,20H2. The van der Waals surface area contributed by atoms with Gasteiger partial charge >= 0.3 is 6.18 Å². The highest BCUT2D eigenvalue weighted by atomic mass is 19.4. The van der Waals surface area contributed by atoms with Gasteiger partial charge in [0.1, 0.15) is 12.4 Å². The van der Waals surface area contributed by atoms with Gasteiger partial charge in [0.2, 0.25) is 0 Å². The molecule has 0 aliphatic rings. The normalized spacial score (nSPS) is 11.8. The van der Waals surface area contributed by atoms with Crippen molar-refractivity contribution in [2.75, 3.05) is 0 Å². The number of fused-ring (bicyclic) bond motifs is 2. The molecular formula is C32H23F3N2O. The zero-order valence-corrected chi connectivity index (χ0v) is 20.3. The zero-order valence-electron chi connectivity index (χ0n) is 20.3. The number of hydrogen-bond acceptors (Lipinski definition) is 2. The molecule has 0 aliphatic carbocycles. The largest absolute Gasteiger partial charge is 0.489 e. The second-order valence-corrected chi connectivity index (χ2v) is 9.24. The van der Waals surface area contributed by atoms with E-state index in [0.717, 1.165) is 50.5 Å². The van der Waals surface area contributed by atoms with E-state index < -0.39 is 11.7 Å². The Bertz CT molecular complexity index is 1740. The van der Waals surface area contributed by atoms with E-state index in [1.165, 1.54) is 6.07 Å². The molecule has 0 saturated heterocycles. The molecule has 0 aliphatic heterocycles. The summed E-state index contributed by atoms with van der Waals surface area (Å²) < 4.78 is 47.6. The summed E-state index contributed by atoms with van der Waals surface area (Å²) in [6.45, 7) is 0.328. The van der Waals surface area contributed by atoms with Crippen molar-refractivity contribution in [1.29, 1.82) is 0 Å². The monoisotopic (exact) mass is 508 g/mol. The summed E-state index contributed by atoms with van der Waals surface area (Å²) in [5, 5.41) is 1.54. The summed E-state index contributed by atoms with van der Waals surface area (Å²) >= 11 is 0. The van der Waals surface area contributed by atoms with Crippen LogP contribution in [-0.4, -0.2) is 9.97 Å². The lowest BCUT2D eigenvalue weighted by Gasteiger charge is -2.17. The van der Waals surface area contributed by atoms with E-state index >= 15 is 0 Å². The van der Waals surface area contributed by atoms with Crippen LogP contribution in [-0.2, 0) is 19.2 Å². The average Bonchev–Trinajstić information content (AvgIpc) is 3.40. The molecule has 4 aromatic carbocycles. The number of halogens is 3. The highest BCUT2D eigenvalue weighted by Gasteiger charge is 2.33. The molecule has 6 aromatic rings. The van der Waals surface area contributed by atoms with Crippen LogP contribution < -0.4 is 4.74 Å². The Morgan fingerprint density at radius 1 is 0.789 bits per heavy atom. The fraction of sp³-hybridized carbons (Fsp3) is 0.0938. The number of H-pyrrole nitrogens is 1. The van der Waals surface area contributed by atoms with Gasteiger partial charge in [0, 0.05) is 28.7 Å². The third kappa shape index (κ3) is 4.73. The summed E-state index contributed by atoms with van der Waals surface area (Å²) in [6.07, 6.45) is -0.489. The number of rotatable bonds is 6. The molecule has 188 valence electrons. The summed E-state index contributed by atoms with van der Waals surface area (Å²) in [5.41, 5.74) is 4.66. The summed E-state index contributed by atoms with van der Waals surface area (Å²) in [5.74, 6) is 0.747. The first-order chi connectivity index (χ1) is 18.5. The van der Waals surface area contributed by atoms with Crippen molar-refractivity contribution in [3.05, 3.63) is 132 Å². The molecular weight excluding hydrogens is 485 g/mol.